The van der Waals surface area contributed by atoms with Gasteiger partial charge in [-0.15, -0.1) is 0 Å². The highest BCUT2D eigenvalue weighted by molar-refractivity contribution is 5.74. The Labute approximate surface area is 129 Å². The number of carbonyl (C=O) groups is 2. The summed E-state index contributed by atoms with van der Waals surface area (Å²) in [4.78, 5) is 21.7. The van der Waals surface area contributed by atoms with Crippen LogP contribution in [0.5, 0.6) is 0 Å². The normalized spacial score (nSPS) is 15.7. The molecule has 1 aromatic carbocycles. The molecular weight excluding hydrogens is 317 g/mol. The van der Waals surface area contributed by atoms with E-state index >= 15 is 0 Å². The van der Waals surface area contributed by atoms with Crippen molar-refractivity contribution in [2.75, 3.05) is 0 Å². The Morgan fingerprint density at radius 2 is 1.35 bits per heavy atom. The number of aliphatic carboxylic acids is 2. The van der Waals surface area contributed by atoms with E-state index in [4.69, 9.17) is 21.7 Å². The Morgan fingerprint density at radius 3 is 1.65 bits per heavy atom. The maximum Gasteiger partial charge on any atom is 0.416 e. The molecule has 6 nitrogen and oxygen atoms in total. The summed E-state index contributed by atoms with van der Waals surface area (Å²) < 4.78 is 37.7. The van der Waals surface area contributed by atoms with Crippen LogP contribution in [0.15, 0.2) is 24.3 Å². The zero-order chi connectivity index (χ0) is 17.8. The number of carboxylic acids is 2. The van der Waals surface area contributed by atoms with E-state index in [9.17, 15) is 22.8 Å². The first kappa shape index (κ1) is 18.9. The quantitative estimate of drug-likeness (QED) is 0.597. The van der Waals surface area contributed by atoms with Gasteiger partial charge in [-0.3, -0.25) is 9.59 Å². The van der Waals surface area contributed by atoms with Crippen molar-refractivity contribution >= 4 is 11.9 Å². The first-order valence-corrected chi connectivity index (χ1v) is 6.66. The molecule has 0 bridgehead atoms. The number of halogens is 3. The van der Waals surface area contributed by atoms with Gasteiger partial charge in [-0.25, -0.2) is 0 Å². The van der Waals surface area contributed by atoms with Crippen LogP contribution in [0.4, 0.5) is 13.2 Å². The third kappa shape index (κ3) is 5.53. The van der Waals surface area contributed by atoms with Gasteiger partial charge < -0.3 is 21.7 Å². The minimum absolute atomic E-state index is 0.137. The van der Waals surface area contributed by atoms with E-state index in [2.05, 4.69) is 0 Å². The van der Waals surface area contributed by atoms with Crippen molar-refractivity contribution in [3.05, 3.63) is 35.4 Å². The molecule has 0 radical (unpaired) electrons. The Hall–Kier alpha value is -2.13. The molecule has 1 rings (SSSR count). The molecule has 0 spiro atoms. The lowest BCUT2D eigenvalue weighted by Gasteiger charge is -2.22. The number of hydrogen-bond acceptors (Lipinski definition) is 4. The third-order valence-electron chi connectivity index (χ3n) is 3.42. The number of rotatable bonds is 7. The average Bonchev–Trinajstić information content (AvgIpc) is 2.45. The van der Waals surface area contributed by atoms with Crippen LogP contribution in [0, 0.1) is 0 Å². The number of hydrogen-bond donors (Lipinski definition) is 4. The van der Waals surface area contributed by atoms with Gasteiger partial charge in [-0.2, -0.15) is 13.2 Å². The van der Waals surface area contributed by atoms with Crippen LogP contribution in [0.1, 0.15) is 29.9 Å². The van der Waals surface area contributed by atoms with Crippen molar-refractivity contribution in [2.45, 2.75) is 37.0 Å². The topological polar surface area (TPSA) is 127 Å². The molecule has 0 saturated heterocycles. The molecule has 23 heavy (non-hydrogen) atoms. The molecule has 9 heteroatoms. The average molecular weight is 334 g/mol. The number of benzene rings is 1. The van der Waals surface area contributed by atoms with Crippen molar-refractivity contribution in [3.63, 3.8) is 0 Å². The van der Waals surface area contributed by atoms with Gasteiger partial charge in [0, 0.05) is 0 Å². The molecule has 0 amide bonds. The SMILES string of the molecule is NC(CC(CC(N)C(=O)O)c1ccc(C(F)(F)F)cc1)C(=O)O. The standard InChI is InChI=1S/C14H17F3N2O4/c15-14(16,17)9-3-1-7(2-4-9)8(5-10(18)12(20)21)6-11(19)13(22)23/h1-4,8,10-11H,5-6,18-19H2,(H,20,21)(H,22,23). The smallest absolute Gasteiger partial charge is 0.416 e. The maximum absolute atomic E-state index is 12.6. The van der Waals surface area contributed by atoms with Crippen molar-refractivity contribution in [3.8, 4) is 0 Å². The number of carboxylic acid groups (broad SMARTS) is 2. The summed E-state index contributed by atoms with van der Waals surface area (Å²) in [5.74, 6) is -3.26. The summed E-state index contributed by atoms with van der Waals surface area (Å²) in [5, 5.41) is 17.7. The van der Waals surface area contributed by atoms with Crippen molar-refractivity contribution in [1.29, 1.82) is 0 Å². The van der Waals surface area contributed by atoms with Crippen LogP contribution < -0.4 is 11.5 Å². The monoisotopic (exact) mass is 334 g/mol. The predicted octanol–water partition coefficient (Wildman–Crippen LogP) is 1.39. The summed E-state index contributed by atoms with van der Waals surface area (Å²) >= 11 is 0. The Balaban J connectivity index is 3.02. The fourth-order valence-corrected chi connectivity index (χ4v) is 2.13. The lowest BCUT2D eigenvalue weighted by atomic mass is 9.86. The van der Waals surface area contributed by atoms with Crippen LogP contribution in [0.25, 0.3) is 0 Å². The van der Waals surface area contributed by atoms with E-state index in [1.54, 1.807) is 0 Å². The lowest BCUT2D eigenvalue weighted by molar-refractivity contribution is -0.139. The predicted molar refractivity (Wildman–Crippen MR) is 74.6 cm³/mol. The van der Waals surface area contributed by atoms with E-state index in [0.29, 0.717) is 5.56 Å². The van der Waals surface area contributed by atoms with Crippen LogP contribution in [-0.2, 0) is 15.8 Å². The first-order chi connectivity index (χ1) is 10.5. The molecule has 1 aromatic rings. The van der Waals surface area contributed by atoms with Gasteiger partial charge >= 0.3 is 18.1 Å². The highest BCUT2D eigenvalue weighted by Crippen LogP contribution is 2.32. The summed E-state index contributed by atoms with van der Waals surface area (Å²) in [6.07, 6.45) is -4.77. The zero-order valence-electron chi connectivity index (χ0n) is 12.0. The highest BCUT2D eigenvalue weighted by atomic mass is 19.4. The van der Waals surface area contributed by atoms with Gasteiger partial charge in [0.2, 0.25) is 0 Å². The van der Waals surface area contributed by atoms with Gasteiger partial charge in [0.05, 0.1) is 5.56 Å². The Bertz CT molecular complexity index is 538. The highest BCUT2D eigenvalue weighted by Gasteiger charge is 2.31. The maximum atomic E-state index is 12.6. The molecule has 0 aliphatic carbocycles. The molecule has 0 fully saturated rings. The molecule has 2 atom stereocenters. The second kappa shape index (κ2) is 7.42. The molecule has 0 heterocycles. The second-order valence-electron chi connectivity index (χ2n) is 5.18. The van der Waals surface area contributed by atoms with Crippen LogP contribution in [0.2, 0.25) is 0 Å². The van der Waals surface area contributed by atoms with Crippen LogP contribution in [-0.4, -0.2) is 34.2 Å². The Kier molecular flexibility index (Phi) is 6.11. The van der Waals surface area contributed by atoms with Crippen LogP contribution in [0.3, 0.4) is 0 Å². The summed E-state index contributed by atoms with van der Waals surface area (Å²) in [5.41, 5.74) is 10.4. The fourth-order valence-electron chi connectivity index (χ4n) is 2.13. The summed E-state index contributed by atoms with van der Waals surface area (Å²) in [6, 6.07) is 1.50. The fraction of sp³-hybridized carbons (Fsp3) is 0.429. The number of nitrogens with two attached hydrogens (primary N) is 2. The van der Waals surface area contributed by atoms with Gasteiger partial charge in [0.25, 0.3) is 0 Å². The number of alkyl halides is 3. The largest absolute Gasteiger partial charge is 0.480 e. The summed E-state index contributed by atoms with van der Waals surface area (Å²) in [7, 11) is 0. The van der Waals surface area contributed by atoms with E-state index in [0.717, 1.165) is 12.1 Å². The van der Waals surface area contributed by atoms with Crippen molar-refractivity contribution in [1.82, 2.24) is 0 Å². The molecular formula is C14H17F3N2O4. The minimum atomic E-state index is -4.50. The summed E-state index contributed by atoms with van der Waals surface area (Å²) in [6.45, 7) is 0. The molecule has 2 unspecified atom stereocenters. The molecule has 0 aliphatic rings. The molecule has 6 N–H and O–H groups in total. The second-order valence-corrected chi connectivity index (χ2v) is 5.18. The van der Waals surface area contributed by atoms with E-state index in [1.807, 2.05) is 0 Å². The Morgan fingerprint density at radius 1 is 0.957 bits per heavy atom. The van der Waals surface area contributed by atoms with Gasteiger partial charge in [0.1, 0.15) is 12.1 Å². The van der Waals surface area contributed by atoms with E-state index in [-0.39, 0.29) is 12.8 Å². The van der Waals surface area contributed by atoms with Crippen molar-refractivity contribution < 1.29 is 33.0 Å². The molecule has 128 valence electrons. The lowest BCUT2D eigenvalue weighted by Crippen LogP contribution is -2.36. The van der Waals surface area contributed by atoms with E-state index < -0.39 is 41.7 Å². The van der Waals surface area contributed by atoms with Gasteiger partial charge in [-0.05, 0) is 36.5 Å². The third-order valence-corrected chi connectivity index (χ3v) is 3.42. The van der Waals surface area contributed by atoms with E-state index in [1.165, 1.54) is 12.1 Å². The van der Waals surface area contributed by atoms with Gasteiger partial charge in [0.15, 0.2) is 0 Å². The molecule has 0 aromatic heterocycles. The van der Waals surface area contributed by atoms with Crippen LogP contribution >= 0.6 is 0 Å². The molecule has 0 aliphatic heterocycles. The zero-order valence-corrected chi connectivity index (χ0v) is 12.0. The van der Waals surface area contributed by atoms with Crippen molar-refractivity contribution in [2.24, 2.45) is 11.5 Å². The molecule has 0 saturated carbocycles. The first-order valence-electron chi connectivity index (χ1n) is 6.66. The van der Waals surface area contributed by atoms with Gasteiger partial charge in [-0.1, -0.05) is 12.1 Å². The minimum Gasteiger partial charge on any atom is -0.480 e.